The number of amidine groups is 1. The van der Waals surface area contributed by atoms with Gasteiger partial charge in [0.15, 0.2) is 5.84 Å². The fourth-order valence-corrected chi connectivity index (χ4v) is 2.54. The summed E-state index contributed by atoms with van der Waals surface area (Å²) in [7, 11) is 0. The molecule has 1 aromatic carbocycles. The van der Waals surface area contributed by atoms with E-state index in [4.69, 9.17) is 22.5 Å². The molecular weight excluding hydrogens is 274 g/mol. The van der Waals surface area contributed by atoms with Crippen molar-refractivity contribution in [3.8, 4) is 0 Å². The Kier molecular flexibility index (Phi) is 6.65. The second kappa shape index (κ2) is 8.00. The molecule has 0 atom stereocenters. The van der Waals surface area contributed by atoms with E-state index in [1.807, 2.05) is 12.1 Å². The lowest BCUT2D eigenvalue weighted by molar-refractivity contribution is 0.318. The van der Waals surface area contributed by atoms with Crippen molar-refractivity contribution in [1.82, 2.24) is 0 Å². The lowest BCUT2D eigenvalue weighted by Crippen LogP contribution is -2.29. The van der Waals surface area contributed by atoms with Gasteiger partial charge in [-0.3, -0.25) is 0 Å². The summed E-state index contributed by atoms with van der Waals surface area (Å²) in [6, 6.07) is 5.49. The molecule has 0 heterocycles. The molecule has 3 N–H and O–H groups in total. The summed E-state index contributed by atoms with van der Waals surface area (Å²) in [5.74, 6) is 0.733. The minimum Gasteiger partial charge on any atom is -0.409 e. The third-order valence-electron chi connectivity index (χ3n) is 3.71. The van der Waals surface area contributed by atoms with Gasteiger partial charge in [-0.2, -0.15) is 0 Å². The number of hydrogen-bond acceptors (Lipinski definition) is 3. The smallest absolute Gasteiger partial charge is 0.170 e. The zero-order valence-electron chi connectivity index (χ0n) is 12.4. The third kappa shape index (κ3) is 4.04. The molecule has 112 valence electrons. The Morgan fingerprint density at radius 2 is 2.00 bits per heavy atom. The number of rotatable bonds is 7. The van der Waals surface area contributed by atoms with Gasteiger partial charge in [-0.25, -0.2) is 0 Å². The zero-order valence-corrected chi connectivity index (χ0v) is 13.2. The fourth-order valence-electron chi connectivity index (χ4n) is 2.24. The molecule has 20 heavy (non-hydrogen) atoms. The van der Waals surface area contributed by atoms with Crippen LogP contribution in [0.1, 0.15) is 39.2 Å². The fraction of sp³-hybridized carbons (Fsp3) is 0.533. The summed E-state index contributed by atoms with van der Waals surface area (Å²) in [4.78, 5) is 2.27. The highest BCUT2D eigenvalue weighted by Gasteiger charge is 2.14. The van der Waals surface area contributed by atoms with Crippen LogP contribution in [-0.2, 0) is 0 Å². The van der Waals surface area contributed by atoms with Crippen LogP contribution in [-0.4, -0.2) is 24.1 Å². The number of nitrogens with zero attached hydrogens (tertiary/aromatic N) is 2. The van der Waals surface area contributed by atoms with Gasteiger partial charge in [-0.1, -0.05) is 43.4 Å². The maximum absolute atomic E-state index is 8.70. The third-order valence-corrected chi connectivity index (χ3v) is 4.01. The number of nitrogens with two attached hydrogens (primary N) is 1. The Bertz CT molecular complexity index is 458. The minimum absolute atomic E-state index is 0.0708. The van der Waals surface area contributed by atoms with Crippen LogP contribution in [0.4, 0.5) is 5.69 Å². The molecule has 0 amide bonds. The van der Waals surface area contributed by atoms with E-state index in [-0.39, 0.29) is 5.84 Å². The van der Waals surface area contributed by atoms with Gasteiger partial charge in [0.05, 0.1) is 10.7 Å². The highest BCUT2D eigenvalue weighted by Crippen LogP contribution is 2.28. The van der Waals surface area contributed by atoms with E-state index in [0.717, 1.165) is 31.6 Å². The highest BCUT2D eigenvalue weighted by molar-refractivity contribution is 6.33. The first-order chi connectivity index (χ1) is 9.57. The van der Waals surface area contributed by atoms with E-state index in [1.54, 1.807) is 6.07 Å². The molecule has 0 spiro atoms. The van der Waals surface area contributed by atoms with Crippen LogP contribution in [0.5, 0.6) is 0 Å². The van der Waals surface area contributed by atoms with Crippen molar-refractivity contribution in [1.29, 1.82) is 0 Å². The van der Waals surface area contributed by atoms with Crippen molar-refractivity contribution in [3.05, 3.63) is 28.8 Å². The molecule has 0 saturated heterocycles. The van der Waals surface area contributed by atoms with Gasteiger partial charge >= 0.3 is 0 Å². The van der Waals surface area contributed by atoms with Gasteiger partial charge in [0.25, 0.3) is 0 Å². The maximum Gasteiger partial charge on any atom is 0.170 e. The average molecular weight is 298 g/mol. The number of oxime groups is 1. The van der Waals surface area contributed by atoms with E-state index in [0.29, 0.717) is 16.5 Å². The Morgan fingerprint density at radius 3 is 2.45 bits per heavy atom. The first-order valence-electron chi connectivity index (χ1n) is 7.09. The predicted molar refractivity (Wildman–Crippen MR) is 85.9 cm³/mol. The molecule has 0 unspecified atom stereocenters. The van der Waals surface area contributed by atoms with E-state index < -0.39 is 0 Å². The molecule has 0 bridgehead atoms. The Labute approximate surface area is 126 Å². The van der Waals surface area contributed by atoms with Crippen molar-refractivity contribution in [2.45, 2.75) is 33.6 Å². The van der Waals surface area contributed by atoms with Gasteiger partial charge in [0, 0.05) is 18.7 Å². The highest BCUT2D eigenvalue weighted by atomic mass is 35.5. The molecule has 0 saturated carbocycles. The van der Waals surface area contributed by atoms with Crippen molar-refractivity contribution in [3.63, 3.8) is 0 Å². The van der Waals surface area contributed by atoms with Crippen LogP contribution in [0.2, 0.25) is 5.02 Å². The number of hydrogen-bond donors (Lipinski definition) is 2. The van der Waals surface area contributed by atoms with Crippen molar-refractivity contribution < 1.29 is 5.21 Å². The summed E-state index contributed by atoms with van der Waals surface area (Å²) in [6.45, 7) is 8.44. The molecule has 0 aliphatic heterocycles. The summed E-state index contributed by atoms with van der Waals surface area (Å²) in [6.07, 6.45) is 2.32. The standard InChI is InChI=1S/C15H24ClN3O/c1-4-11(5-2)10-19(6-3)14-8-7-12(9-13(14)16)15(17)18-20/h7-9,11,20H,4-6,10H2,1-3H3,(H2,17,18). The predicted octanol–water partition coefficient (Wildman–Crippen LogP) is 3.70. The molecule has 0 aliphatic rings. The molecule has 0 aromatic heterocycles. The van der Waals surface area contributed by atoms with Gasteiger partial charge < -0.3 is 15.8 Å². The quantitative estimate of drug-likeness (QED) is 0.349. The van der Waals surface area contributed by atoms with Crippen LogP contribution in [0, 0.1) is 5.92 Å². The molecule has 4 nitrogen and oxygen atoms in total. The number of benzene rings is 1. The van der Waals surface area contributed by atoms with E-state index in [9.17, 15) is 0 Å². The summed E-state index contributed by atoms with van der Waals surface area (Å²) < 4.78 is 0. The Hall–Kier alpha value is -1.42. The summed E-state index contributed by atoms with van der Waals surface area (Å²) in [5.41, 5.74) is 7.19. The monoisotopic (exact) mass is 297 g/mol. The van der Waals surface area contributed by atoms with Crippen LogP contribution in [0.25, 0.3) is 0 Å². The normalized spacial score (nSPS) is 11.9. The maximum atomic E-state index is 8.70. The van der Waals surface area contributed by atoms with Gasteiger partial charge in [-0.05, 0) is 31.0 Å². The number of anilines is 1. The molecular formula is C15H24ClN3O. The second-order valence-electron chi connectivity index (χ2n) is 4.87. The van der Waals surface area contributed by atoms with Gasteiger partial charge in [0.1, 0.15) is 0 Å². The molecule has 5 heteroatoms. The first-order valence-corrected chi connectivity index (χ1v) is 7.47. The van der Waals surface area contributed by atoms with E-state index in [2.05, 4.69) is 30.8 Å². The lowest BCUT2D eigenvalue weighted by atomic mass is 10.0. The van der Waals surface area contributed by atoms with Crippen LogP contribution in [0.3, 0.4) is 0 Å². The Balaban J connectivity index is 2.99. The SMILES string of the molecule is CCC(CC)CN(CC)c1ccc(C(N)=NO)cc1Cl. The van der Waals surface area contributed by atoms with Crippen LogP contribution >= 0.6 is 11.6 Å². The molecule has 1 aromatic rings. The first kappa shape index (κ1) is 16.6. The van der Waals surface area contributed by atoms with Gasteiger partial charge in [-0.15, -0.1) is 0 Å². The number of halogens is 1. The molecule has 0 radical (unpaired) electrons. The Morgan fingerprint density at radius 1 is 1.35 bits per heavy atom. The van der Waals surface area contributed by atoms with Crippen molar-refractivity contribution in [2.75, 3.05) is 18.0 Å². The second-order valence-corrected chi connectivity index (χ2v) is 5.28. The average Bonchev–Trinajstić information content (AvgIpc) is 2.48. The molecule has 0 aliphatic carbocycles. The largest absolute Gasteiger partial charge is 0.409 e. The van der Waals surface area contributed by atoms with Crippen LogP contribution < -0.4 is 10.6 Å². The summed E-state index contributed by atoms with van der Waals surface area (Å²) >= 11 is 6.34. The van der Waals surface area contributed by atoms with E-state index >= 15 is 0 Å². The minimum atomic E-state index is 0.0708. The van der Waals surface area contributed by atoms with Crippen molar-refractivity contribution in [2.24, 2.45) is 16.8 Å². The van der Waals surface area contributed by atoms with E-state index in [1.165, 1.54) is 0 Å². The molecule has 0 fully saturated rings. The zero-order chi connectivity index (χ0) is 15.1. The summed E-state index contributed by atoms with van der Waals surface area (Å²) in [5, 5.41) is 12.3. The molecule has 1 rings (SSSR count). The van der Waals surface area contributed by atoms with Crippen LogP contribution in [0.15, 0.2) is 23.4 Å². The lowest BCUT2D eigenvalue weighted by Gasteiger charge is -2.28. The van der Waals surface area contributed by atoms with Gasteiger partial charge in [0.2, 0.25) is 0 Å². The van der Waals surface area contributed by atoms with Crippen molar-refractivity contribution >= 4 is 23.1 Å². The topological polar surface area (TPSA) is 61.8 Å².